The number of rotatable bonds is 5. The van der Waals surface area contributed by atoms with Crippen LogP contribution in [0.1, 0.15) is 25.0 Å². The molecule has 3 rings (SSSR count). The average Bonchev–Trinajstić information content (AvgIpc) is 2.96. The fourth-order valence-corrected chi connectivity index (χ4v) is 3.47. The molecule has 0 spiro atoms. The summed E-state index contributed by atoms with van der Waals surface area (Å²) in [4.78, 5) is 17.9. The van der Waals surface area contributed by atoms with Gasteiger partial charge in [0.15, 0.2) is 5.13 Å². The molecule has 0 aliphatic carbocycles. The third-order valence-corrected chi connectivity index (χ3v) is 4.65. The summed E-state index contributed by atoms with van der Waals surface area (Å²) in [6, 6.07) is 9.53. The van der Waals surface area contributed by atoms with Crippen LogP contribution in [-0.2, 0) is 11.3 Å². The van der Waals surface area contributed by atoms with E-state index in [4.69, 9.17) is 0 Å². The van der Waals surface area contributed by atoms with Gasteiger partial charge in [-0.05, 0) is 31.5 Å². The number of nitrogens with zero attached hydrogens (tertiary/aromatic N) is 2. The fourth-order valence-electron chi connectivity index (χ4n) is 2.75. The Morgan fingerprint density at radius 3 is 2.95 bits per heavy atom. The molecule has 2 aromatic rings. The highest BCUT2D eigenvalue weighted by Gasteiger charge is 2.28. The molecule has 1 aromatic carbocycles. The molecule has 0 amide bonds. The highest BCUT2D eigenvalue weighted by Crippen LogP contribution is 2.24. The van der Waals surface area contributed by atoms with Crippen LogP contribution in [0.3, 0.4) is 0 Å². The number of carboxylic acids is 1. The van der Waals surface area contributed by atoms with E-state index in [0.29, 0.717) is 6.54 Å². The number of anilines is 2. The second kappa shape index (κ2) is 6.89. The molecule has 5 nitrogen and oxygen atoms in total. The van der Waals surface area contributed by atoms with Crippen LogP contribution in [0.2, 0.25) is 0 Å². The van der Waals surface area contributed by atoms with Crippen molar-refractivity contribution in [1.82, 2.24) is 9.88 Å². The van der Waals surface area contributed by atoms with E-state index >= 15 is 0 Å². The lowest BCUT2D eigenvalue weighted by Crippen LogP contribution is -2.44. The van der Waals surface area contributed by atoms with Crippen molar-refractivity contribution in [2.24, 2.45) is 0 Å². The minimum atomic E-state index is -0.724. The van der Waals surface area contributed by atoms with Gasteiger partial charge in [-0.15, -0.1) is 11.3 Å². The zero-order valence-electron chi connectivity index (χ0n) is 12.2. The van der Waals surface area contributed by atoms with Crippen molar-refractivity contribution < 1.29 is 9.90 Å². The molecule has 2 heterocycles. The zero-order valence-corrected chi connectivity index (χ0v) is 13.1. The molecule has 6 heteroatoms. The van der Waals surface area contributed by atoms with Crippen LogP contribution in [-0.4, -0.2) is 33.5 Å². The van der Waals surface area contributed by atoms with Gasteiger partial charge in [-0.2, -0.15) is 0 Å². The Balaban J connectivity index is 1.65. The quantitative estimate of drug-likeness (QED) is 0.885. The standard InChI is InChI=1S/C16H19N3O2S/c20-15(21)14-8-4-5-9-19(14)10-13-11-22-16(18-13)17-12-6-2-1-3-7-12/h1-3,6-7,11,14H,4-5,8-10H2,(H,17,18)(H,20,21). The molecular weight excluding hydrogens is 298 g/mol. The Bertz CT molecular complexity index is 629. The fraction of sp³-hybridized carbons (Fsp3) is 0.375. The van der Waals surface area contributed by atoms with E-state index in [9.17, 15) is 9.90 Å². The number of nitrogens with one attached hydrogen (secondary N) is 1. The van der Waals surface area contributed by atoms with Gasteiger partial charge >= 0.3 is 5.97 Å². The lowest BCUT2D eigenvalue weighted by Gasteiger charge is -2.32. The molecule has 1 unspecified atom stereocenters. The average molecular weight is 317 g/mol. The molecule has 0 bridgehead atoms. The molecule has 2 N–H and O–H groups in total. The van der Waals surface area contributed by atoms with Crippen LogP contribution >= 0.6 is 11.3 Å². The van der Waals surface area contributed by atoms with Crippen molar-refractivity contribution in [3.63, 3.8) is 0 Å². The minimum absolute atomic E-state index is 0.374. The molecule has 1 aromatic heterocycles. The highest BCUT2D eigenvalue weighted by molar-refractivity contribution is 7.13. The smallest absolute Gasteiger partial charge is 0.320 e. The Labute approximate surface area is 133 Å². The summed E-state index contributed by atoms with van der Waals surface area (Å²) in [6.07, 6.45) is 2.78. The van der Waals surface area contributed by atoms with Crippen molar-refractivity contribution in [1.29, 1.82) is 0 Å². The van der Waals surface area contributed by atoms with E-state index in [1.807, 2.05) is 40.6 Å². The molecule has 1 aliphatic heterocycles. The highest BCUT2D eigenvalue weighted by atomic mass is 32.1. The van der Waals surface area contributed by atoms with Crippen LogP contribution in [0.25, 0.3) is 0 Å². The van der Waals surface area contributed by atoms with Gasteiger partial charge in [0.2, 0.25) is 0 Å². The first kappa shape index (κ1) is 15.0. The van der Waals surface area contributed by atoms with Crippen LogP contribution in [0, 0.1) is 0 Å². The van der Waals surface area contributed by atoms with E-state index < -0.39 is 5.97 Å². The number of carbonyl (C=O) groups is 1. The number of aromatic nitrogens is 1. The van der Waals surface area contributed by atoms with Crippen LogP contribution in [0.4, 0.5) is 10.8 Å². The van der Waals surface area contributed by atoms with Gasteiger partial charge in [0.25, 0.3) is 0 Å². The predicted molar refractivity (Wildman–Crippen MR) is 87.5 cm³/mol. The Morgan fingerprint density at radius 1 is 1.36 bits per heavy atom. The maximum absolute atomic E-state index is 11.3. The number of piperidine rings is 1. The van der Waals surface area contributed by atoms with Crippen molar-refractivity contribution in [3.8, 4) is 0 Å². The van der Waals surface area contributed by atoms with Crippen molar-refractivity contribution >= 4 is 28.1 Å². The SMILES string of the molecule is O=C(O)C1CCCCN1Cc1csc(Nc2ccccc2)n1. The molecule has 1 saturated heterocycles. The Kier molecular flexibility index (Phi) is 4.70. The number of aliphatic carboxylic acids is 1. The molecule has 0 radical (unpaired) electrons. The molecule has 1 atom stereocenters. The van der Waals surface area contributed by atoms with Crippen molar-refractivity contribution in [3.05, 3.63) is 41.4 Å². The number of para-hydroxylation sites is 1. The summed E-state index contributed by atoms with van der Waals surface area (Å²) in [7, 11) is 0. The number of hydrogen-bond acceptors (Lipinski definition) is 5. The molecule has 1 aliphatic rings. The second-order valence-electron chi connectivity index (χ2n) is 5.46. The Morgan fingerprint density at radius 2 is 2.18 bits per heavy atom. The number of benzene rings is 1. The van der Waals surface area contributed by atoms with E-state index in [1.165, 1.54) is 0 Å². The molecule has 22 heavy (non-hydrogen) atoms. The monoisotopic (exact) mass is 317 g/mol. The zero-order chi connectivity index (χ0) is 15.4. The van der Waals surface area contributed by atoms with Gasteiger partial charge in [0.1, 0.15) is 6.04 Å². The van der Waals surface area contributed by atoms with E-state index in [1.54, 1.807) is 11.3 Å². The first-order chi connectivity index (χ1) is 10.7. The summed E-state index contributed by atoms with van der Waals surface area (Å²) >= 11 is 1.55. The van der Waals surface area contributed by atoms with Crippen molar-refractivity contribution in [2.45, 2.75) is 31.8 Å². The molecule has 116 valence electrons. The van der Waals surface area contributed by atoms with Crippen molar-refractivity contribution in [2.75, 3.05) is 11.9 Å². The first-order valence-electron chi connectivity index (χ1n) is 7.46. The lowest BCUT2D eigenvalue weighted by molar-refractivity contribution is -0.144. The van der Waals surface area contributed by atoms with E-state index in [0.717, 1.165) is 42.3 Å². The van der Waals surface area contributed by atoms with E-state index in [-0.39, 0.29) is 6.04 Å². The summed E-state index contributed by atoms with van der Waals surface area (Å²) in [5, 5.41) is 15.4. The second-order valence-corrected chi connectivity index (χ2v) is 6.31. The Hall–Kier alpha value is -1.92. The summed E-state index contributed by atoms with van der Waals surface area (Å²) in [6.45, 7) is 1.43. The molecule has 0 saturated carbocycles. The van der Waals surface area contributed by atoms with Crippen LogP contribution < -0.4 is 5.32 Å². The van der Waals surface area contributed by atoms with Gasteiger partial charge in [-0.1, -0.05) is 24.6 Å². The maximum Gasteiger partial charge on any atom is 0.320 e. The van der Waals surface area contributed by atoms with Crippen LogP contribution in [0.5, 0.6) is 0 Å². The molecule has 1 fully saturated rings. The largest absolute Gasteiger partial charge is 0.480 e. The van der Waals surface area contributed by atoms with Gasteiger partial charge in [-0.3, -0.25) is 9.69 Å². The van der Waals surface area contributed by atoms with Gasteiger partial charge in [0.05, 0.1) is 5.69 Å². The number of hydrogen-bond donors (Lipinski definition) is 2. The normalized spacial score (nSPS) is 19.0. The third kappa shape index (κ3) is 3.64. The lowest BCUT2D eigenvalue weighted by atomic mass is 10.0. The number of likely N-dealkylation sites (tertiary alicyclic amines) is 1. The summed E-state index contributed by atoms with van der Waals surface area (Å²) in [5.41, 5.74) is 1.93. The topological polar surface area (TPSA) is 65.5 Å². The van der Waals surface area contributed by atoms with Crippen LogP contribution in [0.15, 0.2) is 35.7 Å². The predicted octanol–water partition coefficient (Wildman–Crippen LogP) is 3.33. The molecular formula is C16H19N3O2S. The summed E-state index contributed by atoms with van der Waals surface area (Å²) < 4.78 is 0. The van der Waals surface area contributed by atoms with Gasteiger partial charge in [-0.25, -0.2) is 4.98 Å². The summed E-state index contributed by atoms with van der Waals surface area (Å²) in [5.74, 6) is -0.724. The maximum atomic E-state index is 11.3. The third-order valence-electron chi connectivity index (χ3n) is 3.84. The van der Waals surface area contributed by atoms with Gasteiger partial charge in [0, 0.05) is 17.6 Å². The van der Waals surface area contributed by atoms with E-state index in [2.05, 4.69) is 10.3 Å². The number of thiazole rings is 1. The number of carboxylic acid groups (broad SMARTS) is 1. The minimum Gasteiger partial charge on any atom is -0.480 e. The van der Waals surface area contributed by atoms with Gasteiger partial charge < -0.3 is 10.4 Å². The first-order valence-corrected chi connectivity index (χ1v) is 8.33.